The lowest BCUT2D eigenvalue weighted by molar-refractivity contribution is -0.0232. The number of carbonyl (C=O) groups is 1. The van der Waals surface area contributed by atoms with Crippen LogP contribution in [-0.4, -0.2) is 44.4 Å². The Morgan fingerprint density at radius 3 is 2.50 bits per heavy atom. The standard InChI is InChI=1S/C6H11NO3/c1-9-5-3-7(4-5)6(8)10-2/h5H,3-4H2,1-2H3. The van der Waals surface area contributed by atoms with Crippen molar-refractivity contribution in [3.63, 3.8) is 0 Å². The van der Waals surface area contributed by atoms with Gasteiger partial charge in [-0.2, -0.15) is 0 Å². The van der Waals surface area contributed by atoms with E-state index in [1.165, 1.54) is 7.11 Å². The van der Waals surface area contributed by atoms with Gasteiger partial charge in [0, 0.05) is 7.11 Å². The van der Waals surface area contributed by atoms with Crippen LogP contribution >= 0.6 is 0 Å². The largest absolute Gasteiger partial charge is 0.453 e. The van der Waals surface area contributed by atoms with E-state index >= 15 is 0 Å². The monoisotopic (exact) mass is 145 g/mol. The van der Waals surface area contributed by atoms with Crippen LogP contribution < -0.4 is 0 Å². The molecule has 1 heterocycles. The molecule has 1 aliphatic rings. The Morgan fingerprint density at radius 2 is 2.10 bits per heavy atom. The van der Waals surface area contributed by atoms with Gasteiger partial charge in [-0.05, 0) is 0 Å². The number of rotatable bonds is 1. The maximum absolute atomic E-state index is 10.7. The highest BCUT2D eigenvalue weighted by atomic mass is 16.5. The summed E-state index contributed by atoms with van der Waals surface area (Å²) in [6, 6.07) is 0. The van der Waals surface area contributed by atoms with Crippen LogP contribution in [0.15, 0.2) is 0 Å². The van der Waals surface area contributed by atoms with E-state index in [-0.39, 0.29) is 12.2 Å². The molecule has 1 rings (SSSR count). The number of ether oxygens (including phenoxy) is 2. The number of hydrogen-bond acceptors (Lipinski definition) is 3. The molecule has 0 aliphatic carbocycles. The summed E-state index contributed by atoms with van der Waals surface area (Å²) in [6.45, 7) is 1.31. The molecule has 0 unspecified atom stereocenters. The maximum Gasteiger partial charge on any atom is 0.409 e. The van der Waals surface area contributed by atoms with Crippen LogP contribution in [0, 0.1) is 0 Å². The topological polar surface area (TPSA) is 38.8 Å². The minimum Gasteiger partial charge on any atom is -0.453 e. The number of likely N-dealkylation sites (tertiary alicyclic amines) is 1. The van der Waals surface area contributed by atoms with Gasteiger partial charge in [0.1, 0.15) is 0 Å². The van der Waals surface area contributed by atoms with Gasteiger partial charge >= 0.3 is 6.09 Å². The summed E-state index contributed by atoms with van der Waals surface area (Å²) < 4.78 is 9.44. The zero-order valence-corrected chi connectivity index (χ0v) is 6.16. The second-order valence-corrected chi connectivity index (χ2v) is 2.23. The number of hydrogen-bond donors (Lipinski definition) is 0. The first-order chi connectivity index (χ1) is 4.77. The molecule has 0 aromatic carbocycles. The van der Waals surface area contributed by atoms with Crippen molar-refractivity contribution in [1.29, 1.82) is 0 Å². The fraction of sp³-hybridized carbons (Fsp3) is 0.833. The van der Waals surface area contributed by atoms with Crippen LogP contribution in [0.4, 0.5) is 4.79 Å². The van der Waals surface area contributed by atoms with Gasteiger partial charge in [0.05, 0.1) is 26.3 Å². The van der Waals surface area contributed by atoms with Crippen LogP contribution in [0.25, 0.3) is 0 Å². The fourth-order valence-corrected chi connectivity index (χ4v) is 0.865. The predicted molar refractivity (Wildman–Crippen MR) is 34.8 cm³/mol. The molecule has 1 saturated heterocycles. The van der Waals surface area contributed by atoms with E-state index in [1.807, 2.05) is 0 Å². The lowest BCUT2D eigenvalue weighted by Crippen LogP contribution is -2.54. The average Bonchev–Trinajstić information content (AvgIpc) is 1.85. The molecule has 0 bridgehead atoms. The zero-order chi connectivity index (χ0) is 7.56. The van der Waals surface area contributed by atoms with Crippen LogP contribution in [0.5, 0.6) is 0 Å². The molecule has 4 nitrogen and oxygen atoms in total. The van der Waals surface area contributed by atoms with E-state index in [0.717, 1.165) is 0 Å². The average molecular weight is 145 g/mol. The summed E-state index contributed by atoms with van der Waals surface area (Å²) in [5.74, 6) is 0. The van der Waals surface area contributed by atoms with Crippen molar-refractivity contribution >= 4 is 6.09 Å². The van der Waals surface area contributed by atoms with E-state index in [9.17, 15) is 4.79 Å². The molecule has 1 amide bonds. The Labute approximate surface area is 59.7 Å². The second-order valence-electron chi connectivity index (χ2n) is 2.23. The van der Waals surface area contributed by atoms with E-state index in [1.54, 1.807) is 12.0 Å². The minimum atomic E-state index is -0.270. The smallest absolute Gasteiger partial charge is 0.409 e. The third-order valence-corrected chi connectivity index (χ3v) is 1.61. The quantitative estimate of drug-likeness (QED) is 0.524. The molecule has 10 heavy (non-hydrogen) atoms. The van der Waals surface area contributed by atoms with Crippen LogP contribution in [0.2, 0.25) is 0 Å². The molecule has 0 saturated carbocycles. The Kier molecular flexibility index (Phi) is 2.11. The SMILES string of the molecule is COC(=O)N1CC(OC)C1. The van der Waals surface area contributed by atoms with Gasteiger partial charge < -0.3 is 14.4 Å². The molecule has 0 aromatic rings. The molecular formula is C6H11NO3. The maximum atomic E-state index is 10.7. The van der Waals surface area contributed by atoms with Crippen molar-refractivity contribution < 1.29 is 14.3 Å². The van der Waals surface area contributed by atoms with Crippen LogP contribution in [0.3, 0.4) is 0 Å². The highest BCUT2D eigenvalue weighted by Gasteiger charge is 2.30. The summed E-state index contributed by atoms with van der Waals surface area (Å²) in [7, 11) is 3.02. The number of methoxy groups -OCH3 is 2. The van der Waals surface area contributed by atoms with Crippen LogP contribution in [-0.2, 0) is 9.47 Å². The summed E-state index contributed by atoms with van der Waals surface area (Å²) >= 11 is 0. The second kappa shape index (κ2) is 2.88. The normalized spacial score (nSPS) is 18.4. The highest BCUT2D eigenvalue weighted by Crippen LogP contribution is 2.10. The first-order valence-electron chi connectivity index (χ1n) is 3.13. The van der Waals surface area contributed by atoms with Gasteiger partial charge in [0.25, 0.3) is 0 Å². The summed E-state index contributed by atoms with van der Waals surface area (Å²) in [5.41, 5.74) is 0. The first-order valence-corrected chi connectivity index (χ1v) is 3.13. The fourth-order valence-electron chi connectivity index (χ4n) is 0.865. The summed E-state index contributed by atoms with van der Waals surface area (Å²) in [5, 5.41) is 0. The molecule has 0 spiro atoms. The molecular weight excluding hydrogens is 134 g/mol. The molecule has 0 N–H and O–H groups in total. The third-order valence-electron chi connectivity index (χ3n) is 1.61. The number of carbonyl (C=O) groups excluding carboxylic acids is 1. The molecule has 1 fully saturated rings. The number of nitrogens with zero attached hydrogens (tertiary/aromatic N) is 1. The molecule has 0 radical (unpaired) electrons. The summed E-state index contributed by atoms with van der Waals surface area (Å²) in [4.78, 5) is 12.3. The van der Waals surface area contributed by atoms with E-state index in [0.29, 0.717) is 13.1 Å². The van der Waals surface area contributed by atoms with Crippen molar-refractivity contribution in [3.8, 4) is 0 Å². The highest BCUT2D eigenvalue weighted by molar-refractivity contribution is 5.68. The zero-order valence-electron chi connectivity index (χ0n) is 6.16. The molecule has 0 aromatic heterocycles. The third kappa shape index (κ3) is 1.21. The number of amides is 1. The van der Waals surface area contributed by atoms with E-state index in [2.05, 4.69) is 4.74 Å². The van der Waals surface area contributed by atoms with Crippen molar-refractivity contribution in [2.24, 2.45) is 0 Å². The molecule has 58 valence electrons. The van der Waals surface area contributed by atoms with Gasteiger partial charge in [0.15, 0.2) is 0 Å². The van der Waals surface area contributed by atoms with Gasteiger partial charge in [-0.25, -0.2) is 4.79 Å². The van der Waals surface area contributed by atoms with Crippen molar-refractivity contribution in [1.82, 2.24) is 4.90 Å². The minimum absolute atomic E-state index is 0.207. The summed E-state index contributed by atoms with van der Waals surface area (Å²) in [6.07, 6.45) is -0.0626. The van der Waals surface area contributed by atoms with Gasteiger partial charge in [0.2, 0.25) is 0 Å². The van der Waals surface area contributed by atoms with Crippen molar-refractivity contribution in [2.75, 3.05) is 27.3 Å². The lowest BCUT2D eigenvalue weighted by atomic mass is 10.2. The van der Waals surface area contributed by atoms with E-state index < -0.39 is 0 Å². The lowest BCUT2D eigenvalue weighted by Gasteiger charge is -2.36. The Hall–Kier alpha value is -0.770. The Balaban J connectivity index is 2.19. The molecule has 4 heteroatoms. The van der Waals surface area contributed by atoms with E-state index in [4.69, 9.17) is 4.74 Å². The van der Waals surface area contributed by atoms with Crippen LogP contribution in [0.1, 0.15) is 0 Å². The molecule has 1 aliphatic heterocycles. The van der Waals surface area contributed by atoms with Gasteiger partial charge in [-0.1, -0.05) is 0 Å². The Bertz CT molecular complexity index is 131. The predicted octanol–water partition coefficient (Wildman–Crippen LogP) is 0.0834. The molecule has 0 atom stereocenters. The van der Waals surface area contributed by atoms with Crippen molar-refractivity contribution in [2.45, 2.75) is 6.10 Å². The van der Waals surface area contributed by atoms with Gasteiger partial charge in [-0.3, -0.25) is 0 Å². The van der Waals surface area contributed by atoms with Gasteiger partial charge in [-0.15, -0.1) is 0 Å². The Morgan fingerprint density at radius 1 is 1.50 bits per heavy atom. The first kappa shape index (κ1) is 7.34. The van der Waals surface area contributed by atoms with Crippen molar-refractivity contribution in [3.05, 3.63) is 0 Å².